The largest absolute Gasteiger partial charge is 0.489 e. The van der Waals surface area contributed by atoms with E-state index >= 15 is 0 Å². The number of rotatable bonds is 3. The Bertz CT molecular complexity index is 427. The number of hydrogen-bond donors (Lipinski definition) is 1. The molecule has 0 aromatic heterocycles. The molecule has 0 unspecified atom stereocenters. The van der Waals surface area contributed by atoms with Crippen LogP contribution in [0.2, 0.25) is 0 Å². The van der Waals surface area contributed by atoms with E-state index < -0.39 is 0 Å². The maximum atomic E-state index is 5.65. The van der Waals surface area contributed by atoms with Crippen LogP contribution in [0.4, 0.5) is 5.69 Å². The molecule has 96 valence electrons. The van der Waals surface area contributed by atoms with E-state index in [1.807, 2.05) is 38.1 Å². The first-order chi connectivity index (χ1) is 8.84. The van der Waals surface area contributed by atoms with Crippen molar-refractivity contribution in [2.24, 2.45) is 0 Å². The Labute approximate surface area is 109 Å². The molecule has 2 N–H and O–H groups in total. The lowest BCUT2D eigenvalue weighted by Crippen LogP contribution is -1.99. The Hall–Kier alpha value is -1.96. The third-order valence-electron chi connectivity index (χ3n) is 2.34. The highest BCUT2D eigenvalue weighted by molar-refractivity contribution is 5.41. The molecule has 0 saturated carbocycles. The SMILES string of the molecule is CC.Nc1ccc(OCC2=CC=CCC=C2)cc1. The summed E-state index contributed by atoms with van der Waals surface area (Å²) in [5.41, 5.74) is 7.52. The number of anilines is 1. The van der Waals surface area contributed by atoms with Gasteiger partial charge in [0.05, 0.1) is 0 Å². The molecule has 1 aromatic carbocycles. The van der Waals surface area contributed by atoms with Gasteiger partial charge in [0.1, 0.15) is 12.4 Å². The summed E-state index contributed by atoms with van der Waals surface area (Å²) in [6.45, 7) is 4.59. The second-order valence-electron chi connectivity index (χ2n) is 3.67. The lowest BCUT2D eigenvalue weighted by Gasteiger charge is -2.06. The highest BCUT2D eigenvalue weighted by atomic mass is 16.5. The first-order valence-electron chi connectivity index (χ1n) is 6.35. The number of benzene rings is 1. The van der Waals surface area contributed by atoms with Crippen LogP contribution in [0.5, 0.6) is 5.75 Å². The number of ether oxygens (including phenoxy) is 1. The van der Waals surface area contributed by atoms with Crippen molar-refractivity contribution in [1.82, 2.24) is 0 Å². The zero-order valence-corrected chi connectivity index (χ0v) is 11.1. The van der Waals surface area contributed by atoms with Gasteiger partial charge in [-0.05, 0) is 36.3 Å². The fourth-order valence-electron chi connectivity index (χ4n) is 1.45. The van der Waals surface area contributed by atoms with Gasteiger partial charge in [0.2, 0.25) is 0 Å². The quantitative estimate of drug-likeness (QED) is 0.811. The predicted octanol–water partition coefficient (Wildman–Crippen LogP) is 4.12. The highest BCUT2D eigenvalue weighted by Gasteiger charge is 1.96. The van der Waals surface area contributed by atoms with Crippen LogP contribution in [0.3, 0.4) is 0 Å². The van der Waals surface area contributed by atoms with Gasteiger partial charge in [-0.1, -0.05) is 44.2 Å². The van der Waals surface area contributed by atoms with E-state index in [1.165, 1.54) is 5.57 Å². The van der Waals surface area contributed by atoms with E-state index in [1.54, 1.807) is 0 Å². The van der Waals surface area contributed by atoms with Crippen molar-refractivity contribution >= 4 is 5.69 Å². The molecule has 0 spiro atoms. The molecule has 0 atom stereocenters. The van der Waals surface area contributed by atoms with Gasteiger partial charge in [-0.15, -0.1) is 0 Å². The second kappa shape index (κ2) is 8.18. The van der Waals surface area contributed by atoms with Crippen molar-refractivity contribution in [3.8, 4) is 5.75 Å². The Kier molecular flexibility index (Phi) is 6.41. The smallest absolute Gasteiger partial charge is 0.119 e. The number of hydrogen-bond acceptors (Lipinski definition) is 2. The standard InChI is InChI=1S/C14H15NO.C2H6/c15-13-7-9-14(10-8-13)16-11-12-5-3-1-2-4-6-12;1-2/h1,3-10H,2,11,15H2;1-2H3. The summed E-state index contributed by atoms with van der Waals surface area (Å²) in [7, 11) is 0. The Balaban J connectivity index is 0.000000771. The number of nitrogen functional groups attached to an aromatic ring is 1. The van der Waals surface area contributed by atoms with Crippen molar-refractivity contribution in [3.05, 3.63) is 60.2 Å². The molecular weight excluding hydrogens is 222 g/mol. The molecule has 0 saturated heterocycles. The second-order valence-corrected chi connectivity index (χ2v) is 3.67. The van der Waals surface area contributed by atoms with E-state index in [2.05, 4.69) is 30.4 Å². The van der Waals surface area contributed by atoms with Crippen LogP contribution in [0.15, 0.2) is 60.2 Å². The molecule has 0 radical (unpaired) electrons. The van der Waals surface area contributed by atoms with Crippen molar-refractivity contribution in [2.75, 3.05) is 12.3 Å². The van der Waals surface area contributed by atoms with Gasteiger partial charge in [-0.2, -0.15) is 0 Å². The maximum absolute atomic E-state index is 5.65. The van der Waals surface area contributed by atoms with Crippen LogP contribution in [0, 0.1) is 0 Å². The Morgan fingerprint density at radius 2 is 1.83 bits per heavy atom. The Morgan fingerprint density at radius 1 is 1.11 bits per heavy atom. The van der Waals surface area contributed by atoms with Gasteiger partial charge in [0.15, 0.2) is 0 Å². The van der Waals surface area contributed by atoms with E-state index in [0.29, 0.717) is 6.61 Å². The van der Waals surface area contributed by atoms with E-state index in [9.17, 15) is 0 Å². The molecule has 0 heterocycles. The van der Waals surface area contributed by atoms with Gasteiger partial charge in [-0.3, -0.25) is 0 Å². The van der Waals surface area contributed by atoms with E-state index in [4.69, 9.17) is 10.5 Å². The van der Waals surface area contributed by atoms with Crippen LogP contribution in [0.1, 0.15) is 20.3 Å². The molecule has 2 nitrogen and oxygen atoms in total. The monoisotopic (exact) mass is 243 g/mol. The third kappa shape index (κ3) is 4.91. The molecule has 1 aliphatic carbocycles. The zero-order valence-electron chi connectivity index (χ0n) is 11.1. The van der Waals surface area contributed by atoms with Crippen LogP contribution < -0.4 is 10.5 Å². The normalized spacial score (nSPS) is 13.1. The number of nitrogens with two attached hydrogens (primary N) is 1. The van der Waals surface area contributed by atoms with Gasteiger partial charge < -0.3 is 10.5 Å². The van der Waals surface area contributed by atoms with Gasteiger partial charge in [-0.25, -0.2) is 0 Å². The summed E-state index contributed by atoms with van der Waals surface area (Å²) < 4.78 is 5.65. The average Bonchev–Trinajstić information content (AvgIpc) is 2.69. The molecular formula is C16H21NO. The fourth-order valence-corrected chi connectivity index (χ4v) is 1.45. The molecule has 1 aromatic rings. The lowest BCUT2D eigenvalue weighted by molar-refractivity contribution is 0.355. The van der Waals surface area contributed by atoms with Crippen molar-refractivity contribution in [1.29, 1.82) is 0 Å². The van der Waals surface area contributed by atoms with Gasteiger partial charge in [0, 0.05) is 5.69 Å². The van der Waals surface area contributed by atoms with Crippen LogP contribution in [-0.2, 0) is 0 Å². The summed E-state index contributed by atoms with van der Waals surface area (Å²) in [6, 6.07) is 7.44. The minimum absolute atomic E-state index is 0.588. The molecule has 2 rings (SSSR count). The summed E-state index contributed by atoms with van der Waals surface area (Å²) in [5, 5.41) is 0. The number of allylic oxidation sites excluding steroid dienone is 4. The van der Waals surface area contributed by atoms with Crippen LogP contribution >= 0.6 is 0 Å². The first-order valence-corrected chi connectivity index (χ1v) is 6.35. The maximum Gasteiger partial charge on any atom is 0.119 e. The van der Waals surface area contributed by atoms with E-state index in [0.717, 1.165) is 17.9 Å². The summed E-state index contributed by atoms with van der Waals surface area (Å²) in [6.07, 6.45) is 11.5. The van der Waals surface area contributed by atoms with Crippen LogP contribution in [-0.4, -0.2) is 6.61 Å². The minimum atomic E-state index is 0.588. The van der Waals surface area contributed by atoms with Crippen LogP contribution in [0.25, 0.3) is 0 Å². The van der Waals surface area contributed by atoms with Crippen molar-refractivity contribution < 1.29 is 4.74 Å². The highest BCUT2D eigenvalue weighted by Crippen LogP contribution is 2.14. The summed E-state index contributed by atoms with van der Waals surface area (Å²) in [5.74, 6) is 0.844. The molecule has 1 aliphatic rings. The summed E-state index contributed by atoms with van der Waals surface area (Å²) >= 11 is 0. The molecule has 0 amide bonds. The molecule has 18 heavy (non-hydrogen) atoms. The zero-order chi connectivity index (χ0) is 13.2. The van der Waals surface area contributed by atoms with Crippen molar-refractivity contribution in [3.63, 3.8) is 0 Å². The molecule has 2 heteroatoms. The topological polar surface area (TPSA) is 35.2 Å². The van der Waals surface area contributed by atoms with Crippen molar-refractivity contribution in [2.45, 2.75) is 20.3 Å². The first kappa shape index (κ1) is 14.1. The molecule has 0 bridgehead atoms. The average molecular weight is 243 g/mol. The Morgan fingerprint density at radius 3 is 2.56 bits per heavy atom. The van der Waals surface area contributed by atoms with Gasteiger partial charge >= 0.3 is 0 Å². The molecule has 0 fully saturated rings. The van der Waals surface area contributed by atoms with Gasteiger partial charge in [0.25, 0.3) is 0 Å². The van der Waals surface area contributed by atoms with E-state index in [-0.39, 0.29) is 0 Å². The fraction of sp³-hybridized carbons (Fsp3) is 0.250. The lowest BCUT2D eigenvalue weighted by atomic mass is 10.2. The summed E-state index contributed by atoms with van der Waals surface area (Å²) in [4.78, 5) is 0. The third-order valence-corrected chi connectivity index (χ3v) is 2.34. The molecule has 0 aliphatic heterocycles. The predicted molar refractivity (Wildman–Crippen MR) is 78.7 cm³/mol. The minimum Gasteiger partial charge on any atom is -0.489 e.